The van der Waals surface area contributed by atoms with Gasteiger partial charge in [0.25, 0.3) is 0 Å². The maximum Gasteiger partial charge on any atom is 0.128 e. The van der Waals surface area contributed by atoms with Crippen LogP contribution in [0.4, 0.5) is 4.39 Å². The standard InChI is InChI=1S/C15H15BrFN/c1-9-3-6-14(17)12(7-9)15(18)11-4-5-13(16)10(2)8-11/h3-8,15H,18H2,1-2H3. The molecule has 0 radical (unpaired) electrons. The first-order valence-corrected chi connectivity index (χ1v) is 6.56. The minimum atomic E-state index is -0.434. The van der Waals surface area contributed by atoms with Crippen LogP contribution in [-0.2, 0) is 0 Å². The summed E-state index contributed by atoms with van der Waals surface area (Å²) in [6.07, 6.45) is 0. The zero-order valence-electron chi connectivity index (χ0n) is 10.4. The Morgan fingerprint density at radius 1 is 1.11 bits per heavy atom. The Hall–Kier alpha value is -1.19. The average Bonchev–Trinajstić information content (AvgIpc) is 2.35. The van der Waals surface area contributed by atoms with E-state index in [4.69, 9.17) is 5.73 Å². The molecule has 0 saturated carbocycles. The highest BCUT2D eigenvalue weighted by molar-refractivity contribution is 9.10. The van der Waals surface area contributed by atoms with Crippen LogP contribution in [0.5, 0.6) is 0 Å². The fourth-order valence-electron chi connectivity index (χ4n) is 1.94. The van der Waals surface area contributed by atoms with Crippen molar-refractivity contribution < 1.29 is 4.39 Å². The zero-order valence-corrected chi connectivity index (χ0v) is 12.0. The van der Waals surface area contributed by atoms with Gasteiger partial charge in [-0.25, -0.2) is 4.39 Å². The van der Waals surface area contributed by atoms with E-state index in [2.05, 4.69) is 15.9 Å². The van der Waals surface area contributed by atoms with E-state index in [9.17, 15) is 4.39 Å². The third-order valence-electron chi connectivity index (χ3n) is 3.03. The minimum absolute atomic E-state index is 0.256. The van der Waals surface area contributed by atoms with Gasteiger partial charge in [-0.15, -0.1) is 0 Å². The summed E-state index contributed by atoms with van der Waals surface area (Å²) in [6.45, 7) is 3.93. The van der Waals surface area contributed by atoms with Gasteiger partial charge < -0.3 is 5.73 Å². The van der Waals surface area contributed by atoms with Crippen molar-refractivity contribution in [3.8, 4) is 0 Å². The Morgan fingerprint density at radius 2 is 1.83 bits per heavy atom. The molecule has 0 aliphatic heterocycles. The predicted molar refractivity (Wildman–Crippen MR) is 76.0 cm³/mol. The lowest BCUT2D eigenvalue weighted by molar-refractivity contribution is 0.599. The topological polar surface area (TPSA) is 26.0 Å². The van der Waals surface area contributed by atoms with Gasteiger partial charge in [0, 0.05) is 10.0 Å². The molecule has 94 valence electrons. The van der Waals surface area contributed by atoms with Crippen LogP contribution in [0.3, 0.4) is 0 Å². The predicted octanol–water partition coefficient (Wildman–Crippen LogP) is 4.25. The lowest BCUT2D eigenvalue weighted by Gasteiger charge is -2.15. The molecular formula is C15H15BrFN. The van der Waals surface area contributed by atoms with Crippen LogP contribution in [0.2, 0.25) is 0 Å². The second-order valence-electron chi connectivity index (χ2n) is 4.51. The molecule has 1 nitrogen and oxygen atoms in total. The van der Waals surface area contributed by atoms with Gasteiger partial charge in [0.1, 0.15) is 5.82 Å². The van der Waals surface area contributed by atoms with Gasteiger partial charge in [0.05, 0.1) is 6.04 Å². The van der Waals surface area contributed by atoms with E-state index >= 15 is 0 Å². The van der Waals surface area contributed by atoms with Gasteiger partial charge in [-0.2, -0.15) is 0 Å². The number of benzene rings is 2. The van der Waals surface area contributed by atoms with E-state index in [0.29, 0.717) is 5.56 Å². The summed E-state index contributed by atoms with van der Waals surface area (Å²) in [5.41, 5.74) is 9.71. The van der Waals surface area contributed by atoms with E-state index < -0.39 is 6.04 Å². The summed E-state index contributed by atoms with van der Waals surface area (Å²) in [4.78, 5) is 0. The highest BCUT2D eigenvalue weighted by Gasteiger charge is 2.14. The van der Waals surface area contributed by atoms with Gasteiger partial charge in [0.2, 0.25) is 0 Å². The van der Waals surface area contributed by atoms with E-state index in [-0.39, 0.29) is 5.82 Å². The highest BCUT2D eigenvalue weighted by atomic mass is 79.9. The summed E-state index contributed by atoms with van der Waals surface area (Å²) in [5, 5.41) is 0. The van der Waals surface area contributed by atoms with Gasteiger partial charge in [-0.05, 0) is 37.1 Å². The largest absolute Gasteiger partial charge is 0.320 e. The fourth-order valence-corrected chi connectivity index (χ4v) is 2.19. The number of hydrogen-bond donors (Lipinski definition) is 1. The minimum Gasteiger partial charge on any atom is -0.320 e. The van der Waals surface area contributed by atoms with E-state index in [1.807, 2.05) is 32.0 Å². The van der Waals surface area contributed by atoms with E-state index in [1.165, 1.54) is 6.07 Å². The first kappa shape index (κ1) is 13.2. The van der Waals surface area contributed by atoms with Gasteiger partial charge >= 0.3 is 0 Å². The van der Waals surface area contributed by atoms with Crippen molar-refractivity contribution in [1.29, 1.82) is 0 Å². The fraction of sp³-hybridized carbons (Fsp3) is 0.200. The van der Waals surface area contributed by atoms with Gasteiger partial charge in [-0.1, -0.05) is 45.8 Å². The normalized spacial score (nSPS) is 12.5. The monoisotopic (exact) mass is 307 g/mol. The average molecular weight is 308 g/mol. The van der Waals surface area contributed by atoms with Gasteiger partial charge in [0.15, 0.2) is 0 Å². The van der Waals surface area contributed by atoms with Crippen molar-refractivity contribution in [3.05, 3.63) is 68.9 Å². The molecule has 2 N–H and O–H groups in total. The van der Waals surface area contributed by atoms with Crippen molar-refractivity contribution >= 4 is 15.9 Å². The van der Waals surface area contributed by atoms with Crippen LogP contribution >= 0.6 is 15.9 Å². The van der Waals surface area contributed by atoms with E-state index in [1.54, 1.807) is 12.1 Å². The number of hydrogen-bond acceptors (Lipinski definition) is 1. The molecule has 0 saturated heterocycles. The van der Waals surface area contributed by atoms with Crippen LogP contribution in [0.1, 0.15) is 28.3 Å². The summed E-state index contributed by atoms with van der Waals surface area (Å²) >= 11 is 3.45. The van der Waals surface area contributed by atoms with Gasteiger partial charge in [-0.3, -0.25) is 0 Å². The zero-order chi connectivity index (χ0) is 13.3. The van der Waals surface area contributed by atoms with E-state index in [0.717, 1.165) is 21.2 Å². The van der Waals surface area contributed by atoms with Crippen LogP contribution < -0.4 is 5.73 Å². The molecular weight excluding hydrogens is 293 g/mol. The smallest absolute Gasteiger partial charge is 0.128 e. The van der Waals surface area contributed by atoms with Crippen molar-refractivity contribution in [2.24, 2.45) is 5.73 Å². The Morgan fingerprint density at radius 3 is 2.50 bits per heavy atom. The molecule has 2 aromatic carbocycles. The molecule has 1 unspecified atom stereocenters. The number of halogens is 2. The summed E-state index contributed by atoms with van der Waals surface area (Å²) < 4.78 is 14.8. The summed E-state index contributed by atoms with van der Waals surface area (Å²) in [6, 6.07) is 10.4. The molecule has 0 aliphatic carbocycles. The Balaban J connectivity index is 2.44. The Labute approximate surface area is 115 Å². The molecule has 0 bridgehead atoms. The molecule has 1 atom stereocenters. The SMILES string of the molecule is Cc1ccc(F)c(C(N)c2ccc(Br)c(C)c2)c1. The first-order chi connectivity index (χ1) is 8.49. The molecule has 3 heteroatoms. The third kappa shape index (κ3) is 2.62. The molecule has 0 heterocycles. The first-order valence-electron chi connectivity index (χ1n) is 5.76. The molecule has 0 fully saturated rings. The molecule has 0 aromatic heterocycles. The number of aryl methyl sites for hydroxylation is 2. The van der Waals surface area contributed by atoms with Crippen LogP contribution in [0.25, 0.3) is 0 Å². The van der Waals surface area contributed by atoms with Crippen molar-refractivity contribution in [2.75, 3.05) is 0 Å². The Kier molecular flexibility index (Phi) is 3.83. The Bertz CT molecular complexity index is 581. The third-order valence-corrected chi connectivity index (χ3v) is 3.92. The second-order valence-corrected chi connectivity index (χ2v) is 5.37. The van der Waals surface area contributed by atoms with Crippen molar-refractivity contribution in [1.82, 2.24) is 0 Å². The summed E-state index contributed by atoms with van der Waals surface area (Å²) in [7, 11) is 0. The molecule has 0 amide bonds. The molecule has 2 aromatic rings. The summed E-state index contributed by atoms with van der Waals surface area (Å²) in [5.74, 6) is -0.256. The maximum atomic E-state index is 13.8. The quantitative estimate of drug-likeness (QED) is 0.881. The van der Waals surface area contributed by atoms with Crippen LogP contribution in [0, 0.1) is 19.7 Å². The molecule has 0 aliphatic rings. The molecule has 0 spiro atoms. The number of rotatable bonds is 2. The lowest BCUT2D eigenvalue weighted by Crippen LogP contribution is -2.14. The second kappa shape index (κ2) is 5.21. The maximum absolute atomic E-state index is 13.8. The van der Waals surface area contributed by atoms with Crippen molar-refractivity contribution in [3.63, 3.8) is 0 Å². The van der Waals surface area contributed by atoms with Crippen molar-refractivity contribution in [2.45, 2.75) is 19.9 Å². The lowest BCUT2D eigenvalue weighted by atomic mass is 9.96. The number of nitrogens with two attached hydrogens (primary N) is 1. The van der Waals surface area contributed by atoms with Crippen LogP contribution in [-0.4, -0.2) is 0 Å². The highest BCUT2D eigenvalue weighted by Crippen LogP contribution is 2.26. The molecule has 18 heavy (non-hydrogen) atoms. The van der Waals surface area contributed by atoms with Crippen LogP contribution in [0.15, 0.2) is 40.9 Å². The molecule has 2 rings (SSSR count).